The molecular formula is C18H24N6. The first kappa shape index (κ1) is 16.4. The molecule has 3 N–H and O–H groups in total. The van der Waals surface area contributed by atoms with Gasteiger partial charge in [-0.15, -0.1) is 0 Å². The number of anilines is 1. The van der Waals surface area contributed by atoms with E-state index in [2.05, 4.69) is 25.0 Å². The number of aromatic amines is 1. The quantitative estimate of drug-likeness (QED) is 0.492. The van der Waals surface area contributed by atoms with Gasteiger partial charge < -0.3 is 10.7 Å². The van der Waals surface area contributed by atoms with Crippen LogP contribution in [0.4, 0.5) is 5.82 Å². The number of nitrogens with one attached hydrogen (secondary N) is 1. The minimum Gasteiger partial charge on any atom is -0.341 e. The Morgan fingerprint density at radius 2 is 1.92 bits per heavy atom. The van der Waals surface area contributed by atoms with Crippen molar-refractivity contribution in [2.75, 3.05) is 25.1 Å². The monoisotopic (exact) mass is 324 g/mol. The number of hydrogen-bond donors (Lipinski definition) is 2. The molecule has 2 aromatic heterocycles. The van der Waals surface area contributed by atoms with Crippen LogP contribution in [0.2, 0.25) is 0 Å². The van der Waals surface area contributed by atoms with Crippen LogP contribution >= 0.6 is 0 Å². The molecule has 0 saturated carbocycles. The highest BCUT2D eigenvalue weighted by Crippen LogP contribution is 2.16. The number of nitrogens with two attached hydrogens (primary N) is 1. The molecule has 6 heteroatoms. The normalized spacial score (nSPS) is 11.3. The van der Waals surface area contributed by atoms with Crippen molar-refractivity contribution in [3.8, 4) is 0 Å². The van der Waals surface area contributed by atoms with Crippen LogP contribution in [0.15, 0.2) is 48.7 Å². The second kappa shape index (κ2) is 7.90. The van der Waals surface area contributed by atoms with Crippen LogP contribution in [-0.4, -0.2) is 40.1 Å². The van der Waals surface area contributed by atoms with Gasteiger partial charge in [0.2, 0.25) is 0 Å². The van der Waals surface area contributed by atoms with Crippen LogP contribution in [0.1, 0.15) is 18.7 Å². The molecule has 0 bridgehead atoms. The average Bonchev–Trinajstić information content (AvgIpc) is 3.03. The van der Waals surface area contributed by atoms with E-state index in [1.807, 2.05) is 55.7 Å². The molecule has 0 fully saturated rings. The molecule has 0 aliphatic rings. The number of aromatic nitrogens is 3. The molecule has 1 aromatic carbocycles. The van der Waals surface area contributed by atoms with Gasteiger partial charge in [0.05, 0.1) is 17.6 Å². The summed E-state index contributed by atoms with van der Waals surface area (Å²) >= 11 is 0. The van der Waals surface area contributed by atoms with Crippen LogP contribution in [0, 0.1) is 0 Å². The second-order valence-corrected chi connectivity index (χ2v) is 5.80. The first-order chi connectivity index (χ1) is 11.8. The summed E-state index contributed by atoms with van der Waals surface area (Å²) in [7, 11) is 2.04. The third-order valence-corrected chi connectivity index (χ3v) is 4.05. The zero-order chi connectivity index (χ0) is 16.8. The fourth-order valence-corrected chi connectivity index (χ4v) is 2.72. The average molecular weight is 324 g/mol. The van der Waals surface area contributed by atoms with E-state index in [1.165, 1.54) is 0 Å². The molecule has 0 unspecified atom stereocenters. The Kier molecular flexibility index (Phi) is 5.40. The zero-order valence-electron chi connectivity index (χ0n) is 14.0. The lowest BCUT2D eigenvalue weighted by Gasteiger charge is -2.32. The molecule has 0 amide bonds. The summed E-state index contributed by atoms with van der Waals surface area (Å²) in [4.78, 5) is 12.5. The van der Waals surface area contributed by atoms with E-state index >= 15 is 0 Å². The highest BCUT2D eigenvalue weighted by molar-refractivity contribution is 5.74. The molecule has 3 aromatic rings. The predicted molar refractivity (Wildman–Crippen MR) is 97.4 cm³/mol. The fourth-order valence-electron chi connectivity index (χ4n) is 2.72. The molecule has 126 valence electrons. The molecule has 0 spiro atoms. The van der Waals surface area contributed by atoms with Crippen LogP contribution in [0.5, 0.6) is 0 Å². The Morgan fingerprint density at radius 1 is 1.08 bits per heavy atom. The Labute approximate surface area is 142 Å². The van der Waals surface area contributed by atoms with Crippen LogP contribution < -0.4 is 10.7 Å². The summed E-state index contributed by atoms with van der Waals surface area (Å²) in [5.74, 6) is 1.87. The summed E-state index contributed by atoms with van der Waals surface area (Å²) in [5.41, 5.74) is 7.70. The number of fused-ring (bicyclic) bond motifs is 1. The van der Waals surface area contributed by atoms with Crippen LogP contribution in [0.3, 0.4) is 0 Å². The minimum atomic E-state index is 0.701. The molecule has 0 atom stereocenters. The number of nitrogens with zero attached hydrogens (tertiary/aromatic N) is 4. The van der Waals surface area contributed by atoms with Gasteiger partial charge in [-0.25, -0.2) is 15.0 Å². The lowest BCUT2D eigenvalue weighted by atomic mass is 10.3. The lowest BCUT2D eigenvalue weighted by molar-refractivity contribution is 0.243. The second-order valence-electron chi connectivity index (χ2n) is 5.80. The molecule has 0 saturated heterocycles. The van der Waals surface area contributed by atoms with Gasteiger partial charge in [0.25, 0.3) is 0 Å². The number of rotatable bonds is 8. The standard InChI is InChI=1S/C18H24N6/c1-23(18-10-4-6-12-20-18)24(13-7-5-11-19)14-17-21-15-8-2-3-9-16(15)22-17/h2-4,6,8-10,12H,5,7,11,13-14,19H2,1H3,(H,21,22). The number of hydrazine groups is 1. The number of hydrogen-bond acceptors (Lipinski definition) is 5. The van der Waals surface area contributed by atoms with E-state index in [1.54, 1.807) is 0 Å². The number of imidazole rings is 1. The van der Waals surface area contributed by atoms with Gasteiger partial charge in [-0.1, -0.05) is 18.2 Å². The number of pyridine rings is 1. The first-order valence-corrected chi connectivity index (χ1v) is 8.31. The fraction of sp³-hybridized carbons (Fsp3) is 0.333. The van der Waals surface area contributed by atoms with Crippen LogP contribution in [0.25, 0.3) is 11.0 Å². The van der Waals surface area contributed by atoms with Gasteiger partial charge >= 0.3 is 0 Å². The maximum atomic E-state index is 5.64. The van der Waals surface area contributed by atoms with E-state index in [0.29, 0.717) is 13.1 Å². The Balaban J connectivity index is 1.78. The number of para-hydroxylation sites is 2. The van der Waals surface area contributed by atoms with E-state index in [9.17, 15) is 0 Å². The minimum absolute atomic E-state index is 0.701. The maximum Gasteiger partial charge on any atom is 0.142 e. The number of H-pyrrole nitrogens is 1. The van der Waals surface area contributed by atoms with Gasteiger partial charge in [0, 0.05) is 19.8 Å². The van der Waals surface area contributed by atoms with Crippen molar-refractivity contribution in [3.05, 3.63) is 54.5 Å². The lowest BCUT2D eigenvalue weighted by Crippen LogP contribution is -2.41. The van der Waals surface area contributed by atoms with Crippen molar-refractivity contribution >= 4 is 16.9 Å². The molecule has 0 radical (unpaired) electrons. The van der Waals surface area contributed by atoms with Crippen molar-refractivity contribution in [2.24, 2.45) is 5.73 Å². The summed E-state index contributed by atoms with van der Waals surface area (Å²) in [5, 5.41) is 4.33. The molecule has 24 heavy (non-hydrogen) atoms. The predicted octanol–water partition coefficient (Wildman–Crippen LogP) is 2.55. The van der Waals surface area contributed by atoms with E-state index < -0.39 is 0 Å². The van der Waals surface area contributed by atoms with Gasteiger partial charge in [-0.05, 0) is 43.7 Å². The Hall–Kier alpha value is -2.44. The largest absolute Gasteiger partial charge is 0.341 e. The topological polar surface area (TPSA) is 74.1 Å². The third-order valence-electron chi connectivity index (χ3n) is 4.05. The van der Waals surface area contributed by atoms with E-state index in [-0.39, 0.29) is 0 Å². The highest BCUT2D eigenvalue weighted by atomic mass is 15.6. The molecule has 0 aliphatic heterocycles. The van der Waals surface area contributed by atoms with Crippen molar-refractivity contribution in [2.45, 2.75) is 19.4 Å². The van der Waals surface area contributed by atoms with Crippen molar-refractivity contribution < 1.29 is 0 Å². The van der Waals surface area contributed by atoms with Crippen molar-refractivity contribution in [1.29, 1.82) is 0 Å². The molecule has 3 rings (SSSR count). The van der Waals surface area contributed by atoms with E-state index in [4.69, 9.17) is 5.73 Å². The Morgan fingerprint density at radius 3 is 2.67 bits per heavy atom. The smallest absolute Gasteiger partial charge is 0.142 e. The SMILES string of the molecule is CN(c1ccccn1)N(CCCCN)Cc1nc2ccccc2[nH]1. The molecule has 2 heterocycles. The summed E-state index contributed by atoms with van der Waals surface area (Å²) in [6, 6.07) is 14.0. The van der Waals surface area contributed by atoms with Gasteiger partial charge in [0.1, 0.15) is 11.6 Å². The maximum absolute atomic E-state index is 5.64. The summed E-state index contributed by atoms with van der Waals surface area (Å²) < 4.78 is 0. The summed E-state index contributed by atoms with van der Waals surface area (Å²) in [6.45, 7) is 2.32. The number of unbranched alkanes of at least 4 members (excludes halogenated alkanes) is 1. The highest BCUT2D eigenvalue weighted by Gasteiger charge is 2.15. The zero-order valence-corrected chi connectivity index (χ0v) is 14.0. The third kappa shape index (κ3) is 3.90. The first-order valence-electron chi connectivity index (χ1n) is 8.31. The van der Waals surface area contributed by atoms with Crippen LogP contribution in [-0.2, 0) is 6.54 Å². The molecule has 6 nitrogen and oxygen atoms in total. The summed E-state index contributed by atoms with van der Waals surface area (Å²) in [6.07, 6.45) is 3.85. The van der Waals surface area contributed by atoms with Gasteiger partial charge in [-0.2, -0.15) is 0 Å². The van der Waals surface area contributed by atoms with E-state index in [0.717, 1.165) is 42.1 Å². The van der Waals surface area contributed by atoms with Gasteiger partial charge in [0.15, 0.2) is 0 Å². The molecule has 0 aliphatic carbocycles. The molecular weight excluding hydrogens is 300 g/mol. The van der Waals surface area contributed by atoms with Crippen molar-refractivity contribution in [1.82, 2.24) is 20.0 Å². The van der Waals surface area contributed by atoms with Crippen molar-refractivity contribution in [3.63, 3.8) is 0 Å². The Bertz CT molecular complexity index is 721. The number of benzene rings is 1. The van der Waals surface area contributed by atoms with Gasteiger partial charge in [-0.3, -0.25) is 5.01 Å².